The van der Waals surface area contributed by atoms with Crippen molar-refractivity contribution in [2.75, 3.05) is 13.2 Å². The number of hydrogen-bond acceptors (Lipinski definition) is 5. The van der Waals surface area contributed by atoms with Crippen molar-refractivity contribution in [3.8, 4) is 5.88 Å². The maximum Gasteiger partial charge on any atom is 0.264 e. The van der Waals surface area contributed by atoms with Gasteiger partial charge in [-0.2, -0.15) is 0 Å². The van der Waals surface area contributed by atoms with Crippen molar-refractivity contribution in [3.05, 3.63) is 46.3 Å². The van der Waals surface area contributed by atoms with Crippen molar-refractivity contribution in [2.24, 2.45) is 0 Å². The number of rotatable bonds is 3. The van der Waals surface area contributed by atoms with Gasteiger partial charge < -0.3 is 14.4 Å². The van der Waals surface area contributed by atoms with E-state index in [-0.39, 0.29) is 24.2 Å². The van der Waals surface area contributed by atoms with Crippen LogP contribution in [0.3, 0.4) is 0 Å². The molecular formula is C18H20N2O3S. The fraction of sp³-hybridized carbons (Fsp3) is 0.444. The molecule has 0 N–H and O–H groups in total. The van der Waals surface area contributed by atoms with Crippen LogP contribution in [0.1, 0.15) is 28.1 Å². The third-order valence-corrected chi connectivity index (χ3v) is 5.71. The van der Waals surface area contributed by atoms with Crippen LogP contribution < -0.4 is 4.74 Å². The molecule has 6 heteroatoms. The van der Waals surface area contributed by atoms with Gasteiger partial charge in [0.05, 0.1) is 17.5 Å². The van der Waals surface area contributed by atoms with Crippen molar-refractivity contribution < 1.29 is 14.3 Å². The molecular weight excluding hydrogens is 324 g/mol. The monoisotopic (exact) mass is 344 g/mol. The van der Waals surface area contributed by atoms with Gasteiger partial charge in [0, 0.05) is 18.9 Å². The van der Waals surface area contributed by atoms with Crippen LogP contribution in [0.15, 0.2) is 35.8 Å². The van der Waals surface area contributed by atoms with E-state index in [1.807, 2.05) is 41.5 Å². The topological polar surface area (TPSA) is 51.7 Å². The first kappa shape index (κ1) is 15.6. The second-order valence-electron chi connectivity index (χ2n) is 6.26. The molecule has 0 aromatic carbocycles. The second-order valence-corrected chi connectivity index (χ2v) is 7.18. The summed E-state index contributed by atoms with van der Waals surface area (Å²) >= 11 is 1.50. The third-order valence-electron chi connectivity index (χ3n) is 4.70. The van der Waals surface area contributed by atoms with E-state index in [0.717, 1.165) is 29.9 Å². The summed E-state index contributed by atoms with van der Waals surface area (Å²) in [5.74, 6) is 0.673. The smallest absolute Gasteiger partial charge is 0.264 e. The van der Waals surface area contributed by atoms with Gasteiger partial charge in [-0.15, -0.1) is 11.3 Å². The number of likely N-dealkylation sites (tertiary alicyclic amines) is 1. The quantitative estimate of drug-likeness (QED) is 0.859. The molecule has 0 aliphatic carbocycles. The summed E-state index contributed by atoms with van der Waals surface area (Å²) in [6.07, 6.45) is 3.40. The summed E-state index contributed by atoms with van der Waals surface area (Å²) in [6.45, 7) is 3.25. The maximum atomic E-state index is 13.0. The molecule has 1 amide bonds. The zero-order valence-corrected chi connectivity index (χ0v) is 14.4. The van der Waals surface area contributed by atoms with Gasteiger partial charge in [-0.1, -0.05) is 6.07 Å². The van der Waals surface area contributed by atoms with Crippen LogP contribution in [0.5, 0.6) is 5.88 Å². The number of hydrogen-bond donors (Lipinski definition) is 0. The molecule has 5 nitrogen and oxygen atoms in total. The van der Waals surface area contributed by atoms with E-state index in [4.69, 9.17) is 9.47 Å². The van der Waals surface area contributed by atoms with E-state index >= 15 is 0 Å². The summed E-state index contributed by atoms with van der Waals surface area (Å²) in [7, 11) is 0. The van der Waals surface area contributed by atoms with E-state index < -0.39 is 0 Å². The molecule has 0 unspecified atom stereocenters. The number of ether oxygens (including phenoxy) is 2. The SMILES string of the molecule is Cc1ccsc1C(=O)N1C[C@@H](Oc2ccccn2)[C@@H]2OCCC[C@@H]21. The number of fused-ring (bicyclic) bond motifs is 1. The number of aromatic nitrogens is 1. The molecule has 24 heavy (non-hydrogen) atoms. The normalized spacial score (nSPS) is 26.2. The maximum absolute atomic E-state index is 13.0. The first-order valence-electron chi connectivity index (χ1n) is 8.28. The number of nitrogens with zero attached hydrogens (tertiary/aromatic N) is 2. The van der Waals surface area contributed by atoms with Gasteiger partial charge in [0.25, 0.3) is 5.91 Å². The highest BCUT2D eigenvalue weighted by atomic mass is 32.1. The molecule has 0 saturated carbocycles. The predicted octanol–water partition coefficient (Wildman–Crippen LogP) is 2.90. The highest BCUT2D eigenvalue weighted by Gasteiger charge is 2.48. The molecule has 0 radical (unpaired) electrons. The van der Waals surface area contributed by atoms with Gasteiger partial charge in [0.1, 0.15) is 12.2 Å². The van der Waals surface area contributed by atoms with Crippen molar-refractivity contribution >= 4 is 17.2 Å². The Labute approximate surface area is 145 Å². The number of amides is 1. The minimum atomic E-state index is -0.172. The van der Waals surface area contributed by atoms with E-state index in [1.54, 1.807) is 6.20 Å². The average molecular weight is 344 g/mol. The first-order chi connectivity index (χ1) is 11.7. The van der Waals surface area contributed by atoms with Crippen molar-refractivity contribution in [1.82, 2.24) is 9.88 Å². The minimum absolute atomic E-state index is 0.0787. The summed E-state index contributed by atoms with van der Waals surface area (Å²) in [5, 5.41) is 1.97. The van der Waals surface area contributed by atoms with Crippen LogP contribution in [0.2, 0.25) is 0 Å². The number of carbonyl (C=O) groups is 1. The van der Waals surface area contributed by atoms with Gasteiger partial charge in [0.15, 0.2) is 0 Å². The fourth-order valence-corrected chi connectivity index (χ4v) is 4.42. The highest BCUT2D eigenvalue weighted by Crippen LogP contribution is 2.33. The van der Waals surface area contributed by atoms with E-state index in [9.17, 15) is 4.79 Å². The highest BCUT2D eigenvalue weighted by molar-refractivity contribution is 7.12. The zero-order valence-electron chi connectivity index (χ0n) is 13.6. The van der Waals surface area contributed by atoms with Gasteiger partial charge >= 0.3 is 0 Å². The Morgan fingerprint density at radius 1 is 1.42 bits per heavy atom. The minimum Gasteiger partial charge on any atom is -0.470 e. The Hall–Kier alpha value is -1.92. The molecule has 0 spiro atoms. The average Bonchev–Trinajstić information content (AvgIpc) is 3.20. The summed E-state index contributed by atoms with van der Waals surface area (Å²) in [5.41, 5.74) is 1.03. The molecule has 2 aromatic rings. The largest absolute Gasteiger partial charge is 0.470 e. The number of thiophene rings is 1. The lowest BCUT2D eigenvalue weighted by atomic mass is 10.0. The van der Waals surface area contributed by atoms with E-state index in [1.165, 1.54) is 11.3 Å². The Balaban J connectivity index is 1.57. The van der Waals surface area contributed by atoms with Crippen LogP contribution in [0, 0.1) is 6.92 Å². The number of aryl methyl sites for hydroxylation is 1. The number of carbonyl (C=O) groups excluding carboxylic acids is 1. The lowest BCUT2D eigenvalue weighted by Crippen LogP contribution is -2.44. The lowest BCUT2D eigenvalue weighted by molar-refractivity contribution is -0.0455. The first-order valence-corrected chi connectivity index (χ1v) is 9.16. The molecule has 2 aliphatic rings. The zero-order chi connectivity index (χ0) is 16.5. The van der Waals surface area contributed by atoms with Gasteiger partial charge in [-0.25, -0.2) is 4.98 Å². The molecule has 4 rings (SSSR count). The van der Waals surface area contributed by atoms with E-state index in [2.05, 4.69) is 4.98 Å². The molecule has 4 heterocycles. The molecule has 3 atom stereocenters. The van der Waals surface area contributed by atoms with Crippen LogP contribution in [-0.2, 0) is 4.74 Å². The van der Waals surface area contributed by atoms with Crippen LogP contribution in [0.4, 0.5) is 0 Å². The Morgan fingerprint density at radius 2 is 2.33 bits per heavy atom. The Bertz CT molecular complexity index is 718. The van der Waals surface area contributed by atoms with Crippen molar-refractivity contribution in [3.63, 3.8) is 0 Å². The van der Waals surface area contributed by atoms with Crippen molar-refractivity contribution in [1.29, 1.82) is 0 Å². The second kappa shape index (κ2) is 6.53. The summed E-state index contributed by atoms with van der Waals surface area (Å²) < 4.78 is 12.0. The molecule has 0 bridgehead atoms. The lowest BCUT2D eigenvalue weighted by Gasteiger charge is -2.31. The molecule has 2 aliphatic heterocycles. The van der Waals surface area contributed by atoms with Gasteiger partial charge in [-0.3, -0.25) is 4.79 Å². The van der Waals surface area contributed by atoms with E-state index in [0.29, 0.717) is 12.4 Å². The summed E-state index contributed by atoms with van der Waals surface area (Å²) in [4.78, 5) is 20.0. The fourth-order valence-electron chi connectivity index (χ4n) is 3.54. The standard InChI is InChI=1S/C18H20N2O3S/c1-12-7-10-24-17(12)18(21)20-11-14(16-13(20)5-4-9-22-16)23-15-6-2-3-8-19-15/h2-3,6-8,10,13-14,16H,4-5,9,11H2,1H3/t13-,14+,16+/m0/s1. The number of pyridine rings is 1. The van der Waals surface area contributed by atoms with Gasteiger partial charge in [0.2, 0.25) is 5.88 Å². The Kier molecular flexibility index (Phi) is 4.24. The van der Waals surface area contributed by atoms with Crippen LogP contribution >= 0.6 is 11.3 Å². The Morgan fingerprint density at radius 3 is 3.08 bits per heavy atom. The molecule has 2 fully saturated rings. The third kappa shape index (κ3) is 2.80. The van der Waals surface area contributed by atoms with Crippen LogP contribution in [0.25, 0.3) is 0 Å². The van der Waals surface area contributed by atoms with Gasteiger partial charge in [-0.05, 0) is 42.8 Å². The summed E-state index contributed by atoms with van der Waals surface area (Å²) in [6, 6.07) is 7.67. The van der Waals surface area contributed by atoms with Crippen molar-refractivity contribution in [2.45, 2.75) is 38.0 Å². The van der Waals surface area contributed by atoms with Crippen LogP contribution in [-0.4, -0.2) is 47.2 Å². The molecule has 2 aromatic heterocycles. The molecule has 2 saturated heterocycles. The molecule has 126 valence electrons. The predicted molar refractivity (Wildman–Crippen MR) is 91.5 cm³/mol.